The molecule has 0 unspecified atom stereocenters. The van der Waals surface area contributed by atoms with Crippen LogP contribution in [0.2, 0.25) is 0 Å². The first-order chi connectivity index (χ1) is 14.9. The minimum Gasteiger partial charge on any atom is -0.326 e. The van der Waals surface area contributed by atoms with Gasteiger partial charge in [-0.2, -0.15) is 4.31 Å². The Kier molecular flexibility index (Phi) is 6.20. The van der Waals surface area contributed by atoms with Crippen molar-refractivity contribution in [1.82, 2.24) is 4.31 Å². The highest BCUT2D eigenvalue weighted by Gasteiger charge is 2.28. The minimum absolute atomic E-state index is 0.0521. The van der Waals surface area contributed by atoms with E-state index in [2.05, 4.69) is 5.32 Å². The molecule has 0 bridgehead atoms. The molecule has 3 aromatic carbocycles. The van der Waals surface area contributed by atoms with Gasteiger partial charge in [0.2, 0.25) is 15.9 Å². The second kappa shape index (κ2) is 9.04. The number of hydrogen-bond acceptors (Lipinski definition) is 3. The molecule has 1 aliphatic heterocycles. The Bertz CT molecular complexity index is 1170. The van der Waals surface area contributed by atoms with Gasteiger partial charge < -0.3 is 5.32 Å². The first-order valence-corrected chi connectivity index (χ1v) is 11.9. The van der Waals surface area contributed by atoms with Crippen LogP contribution in [-0.4, -0.2) is 25.2 Å². The lowest BCUT2D eigenvalue weighted by Gasteiger charge is -2.28. The number of nitrogens with one attached hydrogen (secondary N) is 1. The summed E-state index contributed by atoms with van der Waals surface area (Å²) in [7, 11) is -3.55. The van der Waals surface area contributed by atoms with Crippen molar-refractivity contribution in [1.29, 1.82) is 0 Å². The fourth-order valence-corrected chi connectivity index (χ4v) is 5.22. The largest absolute Gasteiger partial charge is 0.326 e. The number of anilines is 1. The molecular formula is C25H26N2O3S. The third kappa shape index (κ3) is 5.03. The lowest BCUT2D eigenvalue weighted by atomic mass is 10.0. The fourth-order valence-electron chi connectivity index (χ4n) is 3.80. The van der Waals surface area contributed by atoms with Crippen LogP contribution in [0.1, 0.15) is 28.7 Å². The average Bonchev–Trinajstić information content (AvgIpc) is 2.78. The van der Waals surface area contributed by atoms with E-state index in [1.165, 1.54) is 4.31 Å². The van der Waals surface area contributed by atoms with Crippen molar-refractivity contribution in [2.75, 3.05) is 11.9 Å². The van der Waals surface area contributed by atoms with Gasteiger partial charge in [0.1, 0.15) is 0 Å². The Morgan fingerprint density at radius 3 is 2.45 bits per heavy atom. The van der Waals surface area contributed by atoms with Crippen molar-refractivity contribution in [3.63, 3.8) is 0 Å². The zero-order chi connectivity index (χ0) is 21.8. The van der Waals surface area contributed by atoms with E-state index in [1.54, 1.807) is 12.1 Å². The molecule has 5 nitrogen and oxygen atoms in total. The molecule has 1 N–H and O–H groups in total. The van der Waals surface area contributed by atoms with Gasteiger partial charge in [0.25, 0.3) is 0 Å². The van der Waals surface area contributed by atoms with E-state index in [0.717, 1.165) is 22.3 Å². The van der Waals surface area contributed by atoms with Gasteiger partial charge in [0.15, 0.2) is 0 Å². The van der Waals surface area contributed by atoms with Gasteiger partial charge in [0.05, 0.1) is 4.90 Å². The van der Waals surface area contributed by atoms with Crippen molar-refractivity contribution >= 4 is 21.6 Å². The Hall–Kier alpha value is -2.96. The van der Waals surface area contributed by atoms with Crippen molar-refractivity contribution in [3.05, 3.63) is 95.1 Å². The average molecular weight is 435 g/mol. The molecule has 1 heterocycles. The summed E-state index contributed by atoms with van der Waals surface area (Å²) in [5.74, 6) is -0.0521. The van der Waals surface area contributed by atoms with Crippen molar-refractivity contribution < 1.29 is 13.2 Å². The Balaban J connectivity index is 1.44. The highest BCUT2D eigenvalue weighted by atomic mass is 32.2. The topological polar surface area (TPSA) is 66.5 Å². The Morgan fingerprint density at radius 1 is 0.968 bits per heavy atom. The van der Waals surface area contributed by atoms with Crippen LogP contribution < -0.4 is 5.32 Å². The monoisotopic (exact) mass is 434 g/mol. The van der Waals surface area contributed by atoms with E-state index in [9.17, 15) is 13.2 Å². The number of fused-ring (bicyclic) bond motifs is 1. The number of aryl methyl sites for hydroxylation is 2. The number of rotatable bonds is 6. The van der Waals surface area contributed by atoms with E-state index in [0.29, 0.717) is 42.9 Å². The highest BCUT2D eigenvalue weighted by molar-refractivity contribution is 7.89. The summed E-state index contributed by atoms with van der Waals surface area (Å²) in [6.45, 7) is 2.69. The van der Waals surface area contributed by atoms with E-state index < -0.39 is 10.0 Å². The quantitative estimate of drug-likeness (QED) is 0.629. The molecule has 0 saturated heterocycles. The lowest BCUT2D eigenvalue weighted by molar-refractivity contribution is -0.116. The van der Waals surface area contributed by atoms with E-state index >= 15 is 0 Å². The smallest absolute Gasteiger partial charge is 0.243 e. The molecule has 3 aromatic rings. The van der Waals surface area contributed by atoms with Gasteiger partial charge in [-0.05, 0) is 60.7 Å². The van der Waals surface area contributed by atoms with E-state index in [1.807, 2.05) is 67.6 Å². The molecule has 1 aliphatic rings. The van der Waals surface area contributed by atoms with Crippen LogP contribution in [0.4, 0.5) is 5.69 Å². The maximum absolute atomic E-state index is 13.0. The van der Waals surface area contributed by atoms with E-state index in [-0.39, 0.29) is 5.91 Å². The molecule has 0 radical (unpaired) electrons. The summed E-state index contributed by atoms with van der Waals surface area (Å²) in [6.07, 6.45) is 1.73. The van der Waals surface area contributed by atoms with Gasteiger partial charge in [-0.1, -0.05) is 54.1 Å². The number of sulfonamides is 1. The van der Waals surface area contributed by atoms with Crippen molar-refractivity contribution in [2.24, 2.45) is 0 Å². The molecule has 1 amide bonds. The second-order valence-corrected chi connectivity index (χ2v) is 9.86. The minimum atomic E-state index is -3.55. The molecule has 160 valence electrons. The van der Waals surface area contributed by atoms with E-state index in [4.69, 9.17) is 0 Å². The summed E-state index contributed by atoms with van der Waals surface area (Å²) < 4.78 is 27.6. The number of amides is 1. The van der Waals surface area contributed by atoms with Gasteiger partial charge in [-0.15, -0.1) is 0 Å². The first-order valence-electron chi connectivity index (χ1n) is 10.4. The maximum atomic E-state index is 13.0. The molecule has 0 fully saturated rings. The standard InChI is InChI=1S/C25H26N2O3S/c1-19-7-12-24(13-8-19)31(29,30)27-16-15-21-10-11-23(17-22(21)18-27)26-25(28)14-9-20-5-3-2-4-6-20/h2-8,10-13,17H,9,14-16,18H2,1H3,(H,26,28). The summed E-state index contributed by atoms with van der Waals surface area (Å²) in [4.78, 5) is 12.7. The predicted octanol–water partition coefficient (Wildman–Crippen LogP) is 4.31. The molecule has 0 spiro atoms. The van der Waals surface area contributed by atoms with Gasteiger partial charge in [-0.25, -0.2) is 8.42 Å². The highest BCUT2D eigenvalue weighted by Crippen LogP contribution is 2.27. The molecule has 31 heavy (non-hydrogen) atoms. The molecular weight excluding hydrogens is 408 g/mol. The second-order valence-electron chi connectivity index (χ2n) is 7.92. The zero-order valence-corrected chi connectivity index (χ0v) is 18.4. The molecule has 0 aromatic heterocycles. The SMILES string of the molecule is Cc1ccc(S(=O)(=O)N2CCc3ccc(NC(=O)CCc4ccccc4)cc3C2)cc1. The number of carbonyl (C=O) groups is 1. The Labute approximate surface area is 183 Å². The third-order valence-electron chi connectivity index (χ3n) is 5.61. The molecule has 0 aliphatic carbocycles. The number of benzene rings is 3. The van der Waals surface area contributed by atoms with Crippen LogP contribution in [0.5, 0.6) is 0 Å². The number of hydrogen-bond donors (Lipinski definition) is 1. The van der Waals surface area contributed by atoms with Crippen molar-refractivity contribution in [2.45, 2.75) is 37.6 Å². The summed E-state index contributed by atoms with van der Waals surface area (Å²) in [6, 6.07) is 22.6. The third-order valence-corrected chi connectivity index (χ3v) is 7.47. The van der Waals surface area contributed by atoms with Crippen LogP contribution in [0.15, 0.2) is 77.7 Å². The Morgan fingerprint density at radius 2 is 1.71 bits per heavy atom. The van der Waals surface area contributed by atoms with Gasteiger partial charge >= 0.3 is 0 Å². The van der Waals surface area contributed by atoms with Gasteiger partial charge in [0, 0.05) is 25.2 Å². The first kappa shape index (κ1) is 21.3. The zero-order valence-electron chi connectivity index (χ0n) is 17.5. The van der Waals surface area contributed by atoms with Crippen LogP contribution in [0.25, 0.3) is 0 Å². The summed E-state index contributed by atoms with van der Waals surface area (Å²) in [5.41, 5.74) is 4.91. The predicted molar refractivity (Wildman–Crippen MR) is 122 cm³/mol. The normalized spacial score (nSPS) is 14.1. The summed E-state index contributed by atoms with van der Waals surface area (Å²) >= 11 is 0. The lowest BCUT2D eigenvalue weighted by Crippen LogP contribution is -2.36. The molecule has 0 atom stereocenters. The number of nitrogens with zero attached hydrogens (tertiary/aromatic N) is 1. The van der Waals surface area contributed by atoms with Crippen LogP contribution >= 0.6 is 0 Å². The maximum Gasteiger partial charge on any atom is 0.243 e. The number of carbonyl (C=O) groups excluding carboxylic acids is 1. The molecule has 0 saturated carbocycles. The fraction of sp³-hybridized carbons (Fsp3) is 0.240. The molecule has 6 heteroatoms. The van der Waals surface area contributed by atoms with Crippen LogP contribution in [0, 0.1) is 6.92 Å². The van der Waals surface area contributed by atoms with Gasteiger partial charge in [-0.3, -0.25) is 4.79 Å². The molecule has 4 rings (SSSR count). The van der Waals surface area contributed by atoms with Crippen LogP contribution in [-0.2, 0) is 34.2 Å². The van der Waals surface area contributed by atoms with Crippen molar-refractivity contribution in [3.8, 4) is 0 Å². The van der Waals surface area contributed by atoms with Crippen LogP contribution in [0.3, 0.4) is 0 Å². The summed E-state index contributed by atoms with van der Waals surface area (Å²) in [5, 5.41) is 2.95.